The van der Waals surface area contributed by atoms with Gasteiger partial charge in [0.15, 0.2) is 5.82 Å². The summed E-state index contributed by atoms with van der Waals surface area (Å²) in [4.78, 5) is 26.4. The fraction of sp³-hybridized carbons (Fsp3) is 0.400. The maximum atomic E-state index is 13.0. The molecule has 2 aromatic rings. The lowest BCUT2D eigenvalue weighted by atomic mass is 9.74. The number of hydrogen-bond acceptors (Lipinski definition) is 5. The predicted octanol–water partition coefficient (Wildman–Crippen LogP) is 3.52. The Labute approximate surface area is 201 Å². The number of aliphatic carboxylic acids is 1. The van der Waals surface area contributed by atoms with Crippen molar-refractivity contribution in [2.24, 2.45) is 5.41 Å². The number of hydrogen-bond donors (Lipinski definition) is 2. The first-order chi connectivity index (χ1) is 16.9. The number of benzene rings is 1. The molecule has 2 fully saturated rings. The van der Waals surface area contributed by atoms with E-state index in [1.165, 1.54) is 12.3 Å². The van der Waals surface area contributed by atoms with E-state index in [0.29, 0.717) is 25.2 Å². The van der Waals surface area contributed by atoms with Crippen LogP contribution >= 0.6 is 0 Å². The van der Waals surface area contributed by atoms with Crippen molar-refractivity contribution < 1.29 is 54.2 Å². The lowest BCUT2D eigenvalue weighted by Crippen LogP contribution is -2.71. The van der Waals surface area contributed by atoms with Crippen molar-refractivity contribution in [3.8, 4) is 11.4 Å². The number of carboxylic acids is 1. The number of carbonyl (C=O) groups excluding carboxylic acids is 1. The van der Waals surface area contributed by atoms with Crippen molar-refractivity contribution in [2.75, 3.05) is 26.2 Å². The Balaban J connectivity index is 0.000000479. The van der Waals surface area contributed by atoms with Crippen LogP contribution in [0.5, 0.6) is 0 Å². The predicted molar refractivity (Wildman–Crippen MR) is 106 cm³/mol. The highest BCUT2D eigenvalue weighted by Crippen LogP contribution is 2.38. The quantitative estimate of drug-likeness (QED) is 0.453. The van der Waals surface area contributed by atoms with Gasteiger partial charge in [0.25, 0.3) is 0 Å². The maximum absolute atomic E-state index is 13.0. The van der Waals surface area contributed by atoms with E-state index in [0.717, 1.165) is 24.1 Å². The molecule has 1 aromatic carbocycles. The zero-order valence-electron chi connectivity index (χ0n) is 18.2. The highest BCUT2D eigenvalue weighted by atomic mass is 19.4. The van der Waals surface area contributed by atoms with Crippen molar-refractivity contribution in [1.29, 1.82) is 0 Å². The number of rotatable bonds is 3. The van der Waals surface area contributed by atoms with E-state index in [-0.39, 0.29) is 23.2 Å². The van der Waals surface area contributed by atoms with E-state index in [2.05, 4.69) is 15.4 Å². The van der Waals surface area contributed by atoms with Crippen LogP contribution in [0.15, 0.2) is 30.6 Å². The number of likely N-dealkylation sites (tertiary alicyclic amines) is 1. The summed E-state index contributed by atoms with van der Waals surface area (Å²) >= 11 is 0. The Morgan fingerprint density at radius 1 is 0.946 bits per heavy atom. The highest BCUT2D eigenvalue weighted by Gasteiger charge is 2.48. The Morgan fingerprint density at radius 3 is 1.86 bits per heavy atom. The molecule has 0 bridgehead atoms. The topological polar surface area (TPSA) is 100 Å². The number of carbonyl (C=O) groups is 2. The van der Waals surface area contributed by atoms with Crippen LogP contribution in [-0.2, 0) is 21.9 Å². The summed E-state index contributed by atoms with van der Waals surface area (Å²) in [7, 11) is 0. The number of carboxylic acid groups (broad SMARTS) is 1. The van der Waals surface area contributed by atoms with Gasteiger partial charge in [-0.25, -0.2) is 14.5 Å². The first-order valence-corrected chi connectivity index (χ1v) is 10.1. The molecule has 2 saturated heterocycles. The summed E-state index contributed by atoms with van der Waals surface area (Å²) in [5, 5.41) is 14.1. The Kier molecular flexibility index (Phi) is 7.31. The lowest BCUT2D eigenvalue weighted by molar-refractivity contribution is -0.192. The molecule has 1 amide bonds. The second kappa shape index (κ2) is 9.68. The van der Waals surface area contributed by atoms with Crippen LogP contribution in [0.3, 0.4) is 0 Å². The van der Waals surface area contributed by atoms with Crippen LogP contribution in [0.2, 0.25) is 0 Å². The molecule has 0 atom stereocenters. The van der Waals surface area contributed by atoms with Gasteiger partial charge in [0.2, 0.25) is 5.91 Å². The molecule has 0 aliphatic carbocycles. The highest BCUT2D eigenvalue weighted by molar-refractivity contribution is 5.90. The third kappa shape index (κ3) is 6.78. The SMILES string of the molecule is O=C(C=Cn1cnc(-c2cc(C(F)(F)F)cc(C(F)(F)F)c2)n1)N1CC2(CNC2)C1.O=C(O)C(F)(F)F. The number of alkyl halides is 9. The second-order valence-electron chi connectivity index (χ2n) is 8.26. The molecule has 202 valence electrons. The van der Waals surface area contributed by atoms with Crippen LogP contribution in [-0.4, -0.2) is 69.0 Å². The molecule has 8 nitrogen and oxygen atoms in total. The van der Waals surface area contributed by atoms with Gasteiger partial charge in [0, 0.05) is 49.4 Å². The number of aromatic nitrogens is 3. The van der Waals surface area contributed by atoms with Gasteiger partial charge in [-0.05, 0) is 18.2 Å². The summed E-state index contributed by atoms with van der Waals surface area (Å²) in [6.45, 7) is 3.00. The Morgan fingerprint density at radius 2 is 1.46 bits per heavy atom. The minimum atomic E-state index is -5.08. The molecular weight excluding hydrogens is 529 g/mol. The average Bonchev–Trinajstić information content (AvgIpc) is 3.17. The van der Waals surface area contributed by atoms with Crippen molar-refractivity contribution >= 4 is 18.1 Å². The number of amides is 1. The smallest absolute Gasteiger partial charge is 0.475 e. The number of nitrogens with one attached hydrogen (secondary N) is 1. The van der Waals surface area contributed by atoms with E-state index in [9.17, 15) is 44.3 Å². The normalized spacial score (nSPS) is 17.2. The maximum Gasteiger partial charge on any atom is 0.490 e. The van der Waals surface area contributed by atoms with Crippen molar-refractivity contribution in [2.45, 2.75) is 18.5 Å². The number of halogens is 9. The summed E-state index contributed by atoms with van der Waals surface area (Å²) in [5.41, 5.74) is -3.18. The van der Waals surface area contributed by atoms with Gasteiger partial charge < -0.3 is 15.3 Å². The Bertz CT molecular complexity index is 1160. The first kappa shape index (κ1) is 27.9. The van der Waals surface area contributed by atoms with Gasteiger partial charge in [-0.3, -0.25) is 4.79 Å². The van der Waals surface area contributed by atoms with Crippen molar-refractivity contribution in [3.05, 3.63) is 41.7 Å². The molecule has 37 heavy (non-hydrogen) atoms. The zero-order valence-corrected chi connectivity index (χ0v) is 18.2. The molecule has 1 spiro atoms. The fourth-order valence-electron chi connectivity index (χ4n) is 3.43. The molecule has 0 radical (unpaired) electrons. The molecule has 0 saturated carbocycles. The van der Waals surface area contributed by atoms with Gasteiger partial charge in [-0.1, -0.05) is 0 Å². The third-order valence-electron chi connectivity index (χ3n) is 5.33. The van der Waals surface area contributed by atoms with Gasteiger partial charge in [0.05, 0.1) is 11.1 Å². The molecule has 2 aliphatic heterocycles. The van der Waals surface area contributed by atoms with Crippen LogP contribution < -0.4 is 5.32 Å². The minimum Gasteiger partial charge on any atom is -0.475 e. The van der Waals surface area contributed by atoms with E-state index >= 15 is 0 Å². The average molecular weight is 545 g/mol. The largest absolute Gasteiger partial charge is 0.490 e. The third-order valence-corrected chi connectivity index (χ3v) is 5.33. The molecule has 17 heteroatoms. The Hall–Kier alpha value is -3.63. The van der Waals surface area contributed by atoms with Crippen LogP contribution in [0, 0.1) is 5.41 Å². The molecule has 3 heterocycles. The van der Waals surface area contributed by atoms with Gasteiger partial charge in [-0.15, -0.1) is 5.10 Å². The molecule has 2 N–H and O–H groups in total. The molecular formula is C20H16F9N5O3. The molecule has 0 unspecified atom stereocenters. The van der Waals surface area contributed by atoms with Gasteiger partial charge in [-0.2, -0.15) is 39.5 Å². The van der Waals surface area contributed by atoms with Crippen molar-refractivity contribution in [3.63, 3.8) is 0 Å². The number of nitrogens with zero attached hydrogens (tertiary/aromatic N) is 4. The summed E-state index contributed by atoms with van der Waals surface area (Å²) < 4.78 is 111. The van der Waals surface area contributed by atoms with Crippen LogP contribution in [0.1, 0.15) is 11.1 Å². The fourth-order valence-corrected chi connectivity index (χ4v) is 3.43. The summed E-state index contributed by atoms with van der Waals surface area (Å²) in [6, 6.07) is 1.14. The molecule has 4 rings (SSSR count). The zero-order chi connectivity index (χ0) is 27.8. The molecule has 1 aromatic heterocycles. The molecule has 2 aliphatic rings. The first-order valence-electron chi connectivity index (χ1n) is 10.1. The van der Waals surface area contributed by atoms with Crippen LogP contribution in [0.4, 0.5) is 39.5 Å². The van der Waals surface area contributed by atoms with E-state index < -0.39 is 41.2 Å². The van der Waals surface area contributed by atoms with E-state index in [1.54, 1.807) is 4.90 Å². The summed E-state index contributed by atoms with van der Waals surface area (Å²) in [5.74, 6) is -3.34. The lowest BCUT2D eigenvalue weighted by Gasteiger charge is -2.55. The van der Waals surface area contributed by atoms with Gasteiger partial charge >= 0.3 is 24.5 Å². The minimum absolute atomic E-state index is 0.0382. The van der Waals surface area contributed by atoms with E-state index in [1.807, 2.05) is 0 Å². The van der Waals surface area contributed by atoms with Crippen LogP contribution in [0.25, 0.3) is 17.6 Å². The van der Waals surface area contributed by atoms with Gasteiger partial charge in [0.1, 0.15) is 6.33 Å². The monoisotopic (exact) mass is 545 g/mol. The van der Waals surface area contributed by atoms with Crippen molar-refractivity contribution in [1.82, 2.24) is 25.0 Å². The second-order valence-corrected chi connectivity index (χ2v) is 8.26. The van der Waals surface area contributed by atoms with E-state index in [4.69, 9.17) is 9.90 Å². The summed E-state index contributed by atoms with van der Waals surface area (Å²) in [6.07, 6.45) is -11.4. The standard InChI is InChI=1S/C18H15F6N5O.C2HF3O2/c19-17(20,21)12-3-11(4-13(5-12)18(22,23)24)15-26-10-29(27-15)2-1-14(30)28-8-16(9-28)6-25-7-16;3-2(4,5)1(6)7/h1-5,10,25H,6-9H2;(H,6,7).